The Hall–Kier alpha value is -1.42. The third-order valence-corrected chi connectivity index (χ3v) is 3.80. The van der Waals surface area contributed by atoms with Gasteiger partial charge in [-0.2, -0.15) is 0 Å². The van der Waals surface area contributed by atoms with Gasteiger partial charge in [0.1, 0.15) is 5.82 Å². The first-order valence-corrected chi connectivity index (χ1v) is 6.24. The molecule has 0 aromatic heterocycles. The van der Waals surface area contributed by atoms with Gasteiger partial charge in [-0.15, -0.1) is 0 Å². The molecule has 0 aliphatic carbocycles. The Kier molecular flexibility index (Phi) is 3.66. The topological polar surface area (TPSA) is 40.5 Å². The lowest BCUT2D eigenvalue weighted by Gasteiger charge is -2.17. The van der Waals surface area contributed by atoms with Gasteiger partial charge in [-0.3, -0.25) is 4.79 Å². The van der Waals surface area contributed by atoms with E-state index in [4.69, 9.17) is 0 Å². The molecule has 0 radical (unpaired) electrons. The molecule has 3 nitrogen and oxygen atoms in total. The number of halogens is 1. The van der Waals surface area contributed by atoms with Crippen LogP contribution in [-0.4, -0.2) is 35.6 Å². The van der Waals surface area contributed by atoms with Crippen LogP contribution in [0.25, 0.3) is 0 Å². The van der Waals surface area contributed by atoms with E-state index in [-0.39, 0.29) is 11.7 Å². The lowest BCUT2D eigenvalue weighted by Crippen LogP contribution is -2.23. The maximum atomic E-state index is 13.3. The molecule has 1 aromatic carbocycles. The Bertz CT molecular complexity index is 461. The summed E-state index contributed by atoms with van der Waals surface area (Å²) in [6, 6.07) is 4.62. The summed E-state index contributed by atoms with van der Waals surface area (Å²) >= 11 is 0. The van der Waals surface area contributed by atoms with Crippen LogP contribution in [0.3, 0.4) is 0 Å². The quantitative estimate of drug-likeness (QED) is 0.895. The van der Waals surface area contributed by atoms with Gasteiger partial charge < -0.3 is 10.0 Å². The SMILES string of the molecule is CCN1CC(C(=O)O)C(c2cc(F)ccc2C)C1. The van der Waals surface area contributed by atoms with E-state index in [0.717, 1.165) is 17.7 Å². The number of benzene rings is 1. The molecule has 1 N–H and O–H groups in total. The number of carboxylic acid groups (broad SMARTS) is 1. The van der Waals surface area contributed by atoms with Gasteiger partial charge in [0, 0.05) is 19.0 Å². The molecule has 0 saturated carbocycles. The first kappa shape index (κ1) is 13.0. The minimum atomic E-state index is -0.792. The first-order valence-electron chi connectivity index (χ1n) is 6.24. The van der Waals surface area contributed by atoms with Crippen molar-refractivity contribution < 1.29 is 14.3 Å². The minimum absolute atomic E-state index is 0.113. The molecule has 98 valence electrons. The van der Waals surface area contributed by atoms with Gasteiger partial charge >= 0.3 is 5.97 Å². The van der Waals surface area contributed by atoms with Gasteiger partial charge in [0.25, 0.3) is 0 Å². The predicted molar refractivity (Wildman–Crippen MR) is 67.1 cm³/mol. The van der Waals surface area contributed by atoms with Crippen LogP contribution in [0.1, 0.15) is 24.0 Å². The fourth-order valence-corrected chi connectivity index (χ4v) is 2.72. The minimum Gasteiger partial charge on any atom is -0.481 e. The van der Waals surface area contributed by atoms with E-state index in [1.54, 1.807) is 6.07 Å². The van der Waals surface area contributed by atoms with Gasteiger partial charge in [0.05, 0.1) is 5.92 Å². The number of hydrogen-bond donors (Lipinski definition) is 1. The Morgan fingerprint density at radius 1 is 1.50 bits per heavy atom. The molecule has 1 aliphatic heterocycles. The zero-order chi connectivity index (χ0) is 13.3. The highest BCUT2D eigenvalue weighted by molar-refractivity contribution is 5.72. The van der Waals surface area contributed by atoms with E-state index in [1.807, 2.05) is 13.8 Å². The third-order valence-electron chi connectivity index (χ3n) is 3.80. The summed E-state index contributed by atoms with van der Waals surface area (Å²) in [6.45, 7) is 5.99. The van der Waals surface area contributed by atoms with Crippen LogP contribution in [0, 0.1) is 18.7 Å². The van der Waals surface area contributed by atoms with E-state index < -0.39 is 11.9 Å². The van der Waals surface area contributed by atoms with Crippen molar-refractivity contribution in [1.29, 1.82) is 0 Å². The van der Waals surface area contributed by atoms with Crippen molar-refractivity contribution in [2.45, 2.75) is 19.8 Å². The van der Waals surface area contributed by atoms with Crippen molar-refractivity contribution in [3.8, 4) is 0 Å². The second kappa shape index (κ2) is 5.06. The summed E-state index contributed by atoms with van der Waals surface area (Å²) < 4.78 is 13.3. The van der Waals surface area contributed by atoms with Crippen molar-refractivity contribution in [3.63, 3.8) is 0 Å². The van der Waals surface area contributed by atoms with Crippen LogP contribution in [0.15, 0.2) is 18.2 Å². The van der Waals surface area contributed by atoms with Crippen LogP contribution in [0.5, 0.6) is 0 Å². The molecule has 1 saturated heterocycles. The highest BCUT2D eigenvalue weighted by Gasteiger charge is 2.38. The number of aliphatic carboxylic acids is 1. The zero-order valence-corrected chi connectivity index (χ0v) is 10.7. The summed E-state index contributed by atoms with van der Waals surface area (Å²) in [4.78, 5) is 13.4. The van der Waals surface area contributed by atoms with Crippen molar-refractivity contribution in [3.05, 3.63) is 35.1 Å². The molecular weight excluding hydrogens is 233 g/mol. The van der Waals surface area contributed by atoms with E-state index in [2.05, 4.69) is 4.90 Å². The number of carbonyl (C=O) groups is 1. The maximum absolute atomic E-state index is 13.3. The number of nitrogens with zero attached hydrogens (tertiary/aromatic N) is 1. The highest BCUT2D eigenvalue weighted by atomic mass is 19.1. The molecule has 2 unspecified atom stereocenters. The van der Waals surface area contributed by atoms with Crippen LogP contribution >= 0.6 is 0 Å². The summed E-state index contributed by atoms with van der Waals surface area (Å²) in [7, 11) is 0. The number of aryl methyl sites for hydroxylation is 1. The number of hydrogen-bond acceptors (Lipinski definition) is 2. The molecule has 4 heteroatoms. The number of rotatable bonds is 3. The Labute approximate surface area is 106 Å². The van der Waals surface area contributed by atoms with E-state index in [0.29, 0.717) is 13.1 Å². The second-order valence-corrected chi connectivity index (χ2v) is 4.90. The zero-order valence-electron chi connectivity index (χ0n) is 10.7. The predicted octanol–water partition coefficient (Wildman–Crippen LogP) is 2.25. The fraction of sp³-hybridized carbons (Fsp3) is 0.500. The van der Waals surface area contributed by atoms with Crippen molar-refractivity contribution in [2.75, 3.05) is 19.6 Å². The molecule has 1 fully saturated rings. The van der Waals surface area contributed by atoms with Crippen molar-refractivity contribution in [1.82, 2.24) is 4.90 Å². The highest BCUT2D eigenvalue weighted by Crippen LogP contribution is 2.34. The van der Waals surface area contributed by atoms with Gasteiger partial charge in [-0.05, 0) is 36.7 Å². The Morgan fingerprint density at radius 3 is 2.83 bits per heavy atom. The van der Waals surface area contributed by atoms with Crippen LogP contribution in [0.4, 0.5) is 4.39 Å². The molecule has 0 bridgehead atoms. The number of likely N-dealkylation sites (tertiary alicyclic amines) is 1. The second-order valence-electron chi connectivity index (χ2n) is 4.90. The molecule has 2 rings (SSSR count). The third kappa shape index (κ3) is 2.38. The molecular formula is C14H18FNO2. The summed E-state index contributed by atoms with van der Waals surface area (Å²) in [5, 5.41) is 9.30. The van der Waals surface area contributed by atoms with E-state index in [9.17, 15) is 14.3 Å². The standard InChI is InChI=1S/C14H18FNO2/c1-3-16-7-12(13(8-16)14(17)18)11-6-10(15)5-4-9(11)2/h4-6,12-13H,3,7-8H2,1-2H3,(H,17,18). The average Bonchev–Trinajstić information content (AvgIpc) is 2.76. The summed E-state index contributed by atoms with van der Waals surface area (Å²) in [5.41, 5.74) is 1.80. The molecule has 1 aromatic rings. The molecule has 1 heterocycles. The van der Waals surface area contributed by atoms with Gasteiger partial charge in [-0.25, -0.2) is 4.39 Å². The van der Waals surface area contributed by atoms with Crippen LogP contribution in [0.2, 0.25) is 0 Å². The smallest absolute Gasteiger partial charge is 0.308 e. The van der Waals surface area contributed by atoms with E-state index in [1.165, 1.54) is 12.1 Å². The molecule has 1 aliphatic rings. The van der Waals surface area contributed by atoms with Crippen molar-refractivity contribution in [2.24, 2.45) is 5.92 Å². The Morgan fingerprint density at radius 2 is 2.22 bits per heavy atom. The lowest BCUT2D eigenvalue weighted by atomic mass is 9.86. The summed E-state index contributed by atoms with van der Waals surface area (Å²) in [6.07, 6.45) is 0. The normalized spacial score (nSPS) is 24.4. The van der Waals surface area contributed by atoms with Gasteiger partial charge in [0.2, 0.25) is 0 Å². The molecule has 0 amide bonds. The average molecular weight is 251 g/mol. The maximum Gasteiger partial charge on any atom is 0.308 e. The monoisotopic (exact) mass is 251 g/mol. The Balaban J connectivity index is 2.35. The van der Waals surface area contributed by atoms with Gasteiger partial charge in [0.15, 0.2) is 0 Å². The molecule has 18 heavy (non-hydrogen) atoms. The largest absolute Gasteiger partial charge is 0.481 e. The van der Waals surface area contributed by atoms with E-state index >= 15 is 0 Å². The fourth-order valence-electron chi connectivity index (χ4n) is 2.72. The first-order chi connectivity index (χ1) is 8.52. The van der Waals surface area contributed by atoms with Crippen LogP contribution < -0.4 is 0 Å². The summed E-state index contributed by atoms with van der Waals surface area (Å²) in [5.74, 6) is -1.64. The van der Waals surface area contributed by atoms with Crippen molar-refractivity contribution >= 4 is 5.97 Å². The van der Waals surface area contributed by atoms with Gasteiger partial charge in [-0.1, -0.05) is 13.0 Å². The number of likely N-dealkylation sites (N-methyl/N-ethyl adjacent to an activating group) is 1. The molecule has 0 spiro atoms. The number of carboxylic acids is 1. The van der Waals surface area contributed by atoms with Crippen LogP contribution in [-0.2, 0) is 4.79 Å². The lowest BCUT2D eigenvalue weighted by molar-refractivity contribution is -0.141. The molecule has 2 atom stereocenters.